The summed E-state index contributed by atoms with van der Waals surface area (Å²) in [6.45, 7) is 7.07. The van der Waals surface area contributed by atoms with Crippen LogP contribution in [0, 0.1) is 5.92 Å². The summed E-state index contributed by atoms with van der Waals surface area (Å²) in [6.07, 6.45) is 0. The van der Waals surface area contributed by atoms with Crippen LogP contribution in [0.1, 0.15) is 31.1 Å². The van der Waals surface area contributed by atoms with Crippen molar-refractivity contribution in [1.29, 1.82) is 0 Å². The highest BCUT2D eigenvalue weighted by Gasteiger charge is 2.05. The fourth-order valence-corrected chi connectivity index (χ4v) is 1.20. The molecular weight excluding hydrogens is 218 g/mol. The highest BCUT2D eigenvalue weighted by Crippen LogP contribution is 2.11. The highest BCUT2D eigenvalue weighted by molar-refractivity contribution is 5.93. The van der Waals surface area contributed by atoms with Crippen LogP contribution in [-0.2, 0) is 4.84 Å². The van der Waals surface area contributed by atoms with Crippen LogP contribution in [-0.4, -0.2) is 19.1 Å². The van der Waals surface area contributed by atoms with Crippen molar-refractivity contribution < 1.29 is 14.4 Å². The normalized spacial score (nSPS) is 10.4. The van der Waals surface area contributed by atoms with Gasteiger partial charge in [-0.25, -0.2) is 5.48 Å². The lowest BCUT2D eigenvalue weighted by Gasteiger charge is -2.08. The minimum Gasteiger partial charge on any atom is -0.494 e. The number of hydrogen-bond donors (Lipinski definition) is 1. The maximum atomic E-state index is 11.6. The summed E-state index contributed by atoms with van der Waals surface area (Å²) < 4.78 is 5.29. The van der Waals surface area contributed by atoms with Crippen LogP contribution in [0.2, 0.25) is 0 Å². The van der Waals surface area contributed by atoms with E-state index in [1.807, 2.05) is 20.8 Å². The quantitative estimate of drug-likeness (QED) is 0.773. The molecule has 0 atom stereocenters. The third-order valence-corrected chi connectivity index (χ3v) is 2.01. The molecule has 1 aromatic carbocycles. The Balaban J connectivity index is 2.46. The van der Waals surface area contributed by atoms with Gasteiger partial charge in [-0.3, -0.25) is 9.63 Å². The predicted octanol–water partition coefficient (Wildman–Crippen LogP) is 2.40. The van der Waals surface area contributed by atoms with Crippen LogP contribution in [0.5, 0.6) is 5.75 Å². The Hall–Kier alpha value is -1.55. The molecular formula is C13H19NO3. The second-order valence-electron chi connectivity index (χ2n) is 4.09. The van der Waals surface area contributed by atoms with Gasteiger partial charge in [-0.15, -0.1) is 0 Å². The van der Waals surface area contributed by atoms with Crippen molar-refractivity contribution in [2.45, 2.75) is 20.8 Å². The zero-order chi connectivity index (χ0) is 12.7. The lowest BCUT2D eigenvalue weighted by atomic mass is 10.2. The first-order chi connectivity index (χ1) is 8.13. The Kier molecular flexibility index (Phi) is 5.49. The molecule has 1 N–H and O–H groups in total. The fraction of sp³-hybridized carbons (Fsp3) is 0.462. The van der Waals surface area contributed by atoms with Crippen molar-refractivity contribution in [3.8, 4) is 5.75 Å². The van der Waals surface area contributed by atoms with Gasteiger partial charge in [-0.2, -0.15) is 0 Å². The number of hydrogen-bond acceptors (Lipinski definition) is 3. The number of amides is 1. The summed E-state index contributed by atoms with van der Waals surface area (Å²) >= 11 is 0. The van der Waals surface area contributed by atoms with Gasteiger partial charge >= 0.3 is 0 Å². The number of carbonyl (C=O) groups is 1. The molecule has 0 unspecified atom stereocenters. The van der Waals surface area contributed by atoms with Gasteiger partial charge in [0, 0.05) is 5.56 Å². The number of nitrogens with one attached hydrogen (secondary N) is 1. The summed E-state index contributed by atoms with van der Waals surface area (Å²) in [5.74, 6) is 0.900. The van der Waals surface area contributed by atoms with Crippen LogP contribution >= 0.6 is 0 Å². The van der Waals surface area contributed by atoms with E-state index in [0.29, 0.717) is 24.7 Å². The van der Waals surface area contributed by atoms with Crippen LogP contribution in [0.3, 0.4) is 0 Å². The molecule has 0 saturated heterocycles. The Labute approximate surface area is 102 Å². The van der Waals surface area contributed by atoms with E-state index >= 15 is 0 Å². The van der Waals surface area contributed by atoms with E-state index in [2.05, 4.69) is 5.48 Å². The molecule has 4 heteroatoms. The van der Waals surface area contributed by atoms with E-state index in [9.17, 15) is 4.79 Å². The predicted molar refractivity (Wildman–Crippen MR) is 65.9 cm³/mol. The Morgan fingerprint density at radius 3 is 2.47 bits per heavy atom. The summed E-state index contributed by atoms with van der Waals surface area (Å²) in [5, 5.41) is 0. The topological polar surface area (TPSA) is 47.6 Å². The second-order valence-corrected chi connectivity index (χ2v) is 4.09. The largest absolute Gasteiger partial charge is 0.494 e. The van der Waals surface area contributed by atoms with Gasteiger partial charge in [0.2, 0.25) is 0 Å². The summed E-state index contributed by atoms with van der Waals surface area (Å²) in [6, 6.07) is 6.94. The van der Waals surface area contributed by atoms with Crippen molar-refractivity contribution in [2.24, 2.45) is 5.92 Å². The minimum absolute atomic E-state index is 0.242. The first-order valence-corrected chi connectivity index (χ1v) is 5.78. The average molecular weight is 237 g/mol. The van der Waals surface area contributed by atoms with Crippen LogP contribution in [0.25, 0.3) is 0 Å². The molecule has 0 heterocycles. The summed E-state index contributed by atoms with van der Waals surface area (Å²) in [5.41, 5.74) is 2.95. The molecule has 4 nitrogen and oxygen atoms in total. The Bertz CT molecular complexity index is 346. The highest BCUT2D eigenvalue weighted by atomic mass is 16.6. The number of rotatable bonds is 6. The molecule has 17 heavy (non-hydrogen) atoms. The van der Waals surface area contributed by atoms with Crippen molar-refractivity contribution in [3.05, 3.63) is 29.8 Å². The van der Waals surface area contributed by atoms with E-state index in [1.165, 1.54) is 0 Å². The van der Waals surface area contributed by atoms with Crippen LogP contribution in [0.15, 0.2) is 24.3 Å². The zero-order valence-corrected chi connectivity index (χ0v) is 10.5. The first kappa shape index (κ1) is 13.5. The molecule has 0 saturated carbocycles. The van der Waals surface area contributed by atoms with Gasteiger partial charge in [0.1, 0.15) is 5.75 Å². The van der Waals surface area contributed by atoms with Gasteiger partial charge in [-0.1, -0.05) is 13.8 Å². The molecule has 0 aromatic heterocycles. The van der Waals surface area contributed by atoms with Gasteiger partial charge < -0.3 is 4.74 Å². The second kappa shape index (κ2) is 6.91. The third-order valence-electron chi connectivity index (χ3n) is 2.01. The first-order valence-electron chi connectivity index (χ1n) is 5.78. The molecule has 0 spiro atoms. The van der Waals surface area contributed by atoms with Gasteiger partial charge in [0.25, 0.3) is 5.91 Å². The van der Waals surface area contributed by atoms with E-state index in [0.717, 1.165) is 5.75 Å². The fourth-order valence-electron chi connectivity index (χ4n) is 1.20. The number of carbonyl (C=O) groups excluding carboxylic acids is 1. The maximum absolute atomic E-state index is 11.6. The van der Waals surface area contributed by atoms with E-state index < -0.39 is 0 Å². The van der Waals surface area contributed by atoms with Crippen LogP contribution < -0.4 is 10.2 Å². The molecule has 0 aliphatic rings. The standard InChI is InChI=1S/C13H19NO3/c1-4-16-12-7-5-11(6-8-12)13(15)14-17-9-10(2)3/h5-8,10H,4,9H2,1-3H3,(H,14,15). The molecule has 1 rings (SSSR count). The zero-order valence-electron chi connectivity index (χ0n) is 10.5. The summed E-state index contributed by atoms with van der Waals surface area (Å²) in [7, 11) is 0. The minimum atomic E-state index is -0.242. The molecule has 1 aromatic rings. The monoisotopic (exact) mass is 237 g/mol. The maximum Gasteiger partial charge on any atom is 0.274 e. The van der Waals surface area contributed by atoms with Gasteiger partial charge in [0.15, 0.2) is 0 Å². The number of benzene rings is 1. The third kappa shape index (κ3) is 4.87. The molecule has 0 bridgehead atoms. The van der Waals surface area contributed by atoms with Crippen molar-refractivity contribution >= 4 is 5.91 Å². The summed E-state index contributed by atoms with van der Waals surface area (Å²) in [4.78, 5) is 16.7. The van der Waals surface area contributed by atoms with Crippen molar-refractivity contribution in [1.82, 2.24) is 5.48 Å². The molecule has 94 valence electrons. The molecule has 0 aliphatic carbocycles. The average Bonchev–Trinajstić information content (AvgIpc) is 2.30. The van der Waals surface area contributed by atoms with E-state index in [1.54, 1.807) is 24.3 Å². The Morgan fingerprint density at radius 1 is 1.29 bits per heavy atom. The van der Waals surface area contributed by atoms with Gasteiger partial charge in [0.05, 0.1) is 13.2 Å². The lowest BCUT2D eigenvalue weighted by Crippen LogP contribution is -2.25. The Morgan fingerprint density at radius 2 is 1.94 bits per heavy atom. The lowest BCUT2D eigenvalue weighted by molar-refractivity contribution is 0.0208. The van der Waals surface area contributed by atoms with E-state index in [4.69, 9.17) is 9.57 Å². The number of hydroxylamine groups is 1. The molecule has 0 aliphatic heterocycles. The smallest absolute Gasteiger partial charge is 0.274 e. The van der Waals surface area contributed by atoms with Crippen molar-refractivity contribution in [3.63, 3.8) is 0 Å². The molecule has 1 amide bonds. The van der Waals surface area contributed by atoms with Crippen LogP contribution in [0.4, 0.5) is 0 Å². The van der Waals surface area contributed by atoms with E-state index in [-0.39, 0.29) is 5.91 Å². The van der Waals surface area contributed by atoms with Gasteiger partial charge in [-0.05, 0) is 37.1 Å². The molecule has 0 radical (unpaired) electrons. The molecule has 0 fully saturated rings. The van der Waals surface area contributed by atoms with Crippen molar-refractivity contribution in [2.75, 3.05) is 13.2 Å². The number of ether oxygens (including phenoxy) is 1. The SMILES string of the molecule is CCOc1ccc(C(=O)NOCC(C)C)cc1.